The van der Waals surface area contributed by atoms with Gasteiger partial charge in [-0.05, 0) is 25.0 Å². The van der Waals surface area contributed by atoms with E-state index in [0.717, 1.165) is 0 Å². The second-order valence-corrected chi connectivity index (χ2v) is 5.94. The fourth-order valence-corrected chi connectivity index (χ4v) is 2.94. The number of carbonyl (C=O) groups is 2. The van der Waals surface area contributed by atoms with Crippen molar-refractivity contribution in [1.29, 1.82) is 0 Å². The van der Waals surface area contributed by atoms with Gasteiger partial charge < -0.3 is 10.0 Å². The van der Waals surface area contributed by atoms with Gasteiger partial charge in [-0.2, -0.15) is 5.10 Å². The van der Waals surface area contributed by atoms with Gasteiger partial charge in [-0.3, -0.25) is 9.59 Å². The SMILES string of the molecule is O=C(O)C1CCN(C(=O)c2cnn(-c3ccccc3Cl)c2)CC1. The lowest BCUT2D eigenvalue weighted by molar-refractivity contribution is -0.143. The summed E-state index contributed by atoms with van der Waals surface area (Å²) in [5, 5.41) is 13.8. The van der Waals surface area contributed by atoms with Crippen molar-refractivity contribution in [2.75, 3.05) is 13.1 Å². The minimum Gasteiger partial charge on any atom is -0.481 e. The quantitative estimate of drug-likeness (QED) is 0.936. The molecule has 7 heteroatoms. The maximum absolute atomic E-state index is 12.5. The molecule has 1 aliphatic rings. The summed E-state index contributed by atoms with van der Waals surface area (Å²) < 4.78 is 1.57. The number of aromatic nitrogens is 2. The third kappa shape index (κ3) is 3.22. The van der Waals surface area contributed by atoms with E-state index in [-0.39, 0.29) is 11.8 Å². The van der Waals surface area contributed by atoms with E-state index in [1.165, 1.54) is 6.20 Å². The Bertz CT molecular complexity index is 736. The minimum absolute atomic E-state index is 0.132. The molecule has 0 saturated carbocycles. The molecule has 1 amide bonds. The van der Waals surface area contributed by atoms with E-state index >= 15 is 0 Å². The lowest BCUT2D eigenvalue weighted by atomic mass is 9.97. The predicted molar refractivity (Wildman–Crippen MR) is 84.8 cm³/mol. The Hall–Kier alpha value is -2.34. The fourth-order valence-electron chi connectivity index (χ4n) is 2.71. The molecule has 0 spiro atoms. The number of para-hydroxylation sites is 1. The van der Waals surface area contributed by atoms with Crippen molar-refractivity contribution in [1.82, 2.24) is 14.7 Å². The maximum atomic E-state index is 12.5. The van der Waals surface area contributed by atoms with Gasteiger partial charge in [0.2, 0.25) is 0 Å². The maximum Gasteiger partial charge on any atom is 0.306 e. The number of halogens is 1. The summed E-state index contributed by atoms with van der Waals surface area (Å²) in [7, 11) is 0. The first kappa shape index (κ1) is 15.6. The fraction of sp³-hybridized carbons (Fsp3) is 0.312. The van der Waals surface area contributed by atoms with Crippen LogP contribution in [0.1, 0.15) is 23.2 Å². The second-order valence-electron chi connectivity index (χ2n) is 5.53. The third-order valence-corrected chi connectivity index (χ3v) is 4.38. The number of likely N-dealkylation sites (tertiary alicyclic amines) is 1. The molecule has 0 aliphatic carbocycles. The summed E-state index contributed by atoms with van der Waals surface area (Å²) in [6.07, 6.45) is 4.13. The van der Waals surface area contributed by atoms with Crippen LogP contribution in [-0.4, -0.2) is 44.8 Å². The van der Waals surface area contributed by atoms with Crippen molar-refractivity contribution in [2.24, 2.45) is 5.92 Å². The van der Waals surface area contributed by atoms with Crippen molar-refractivity contribution in [3.63, 3.8) is 0 Å². The number of rotatable bonds is 3. The topological polar surface area (TPSA) is 75.4 Å². The van der Waals surface area contributed by atoms with E-state index in [9.17, 15) is 9.59 Å². The molecule has 0 unspecified atom stereocenters. The average molecular weight is 334 g/mol. The van der Waals surface area contributed by atoms with Gasteiger partial charge in [-0.1, -0.05) is 23.7 Å². The highest BCUT2D eigenvalue weighted by Gasteiger charge is 2.28. The standard InChI is InChI=1S/C16H16ClN3O3/c17-13-3-1-2-4-14(13)20-10-12(9-18-20)15(21)19-7-5-11(6-8-19)16(22)23/h1-4,9-11H,5-8H2,(H,22,23). The zero-order valence-corrected chi connectivity index (χ0v) is 13.1. The monoisotopic (exact) mass is 333 g/mol. The number of carboxylic acids is 1. The Balaban J connectivity index is 1.72. The number of hydrogen-bond acceptors (Lipinski definition) is 3. The number of piperidine rings is 1. The van der Waals surface area contributed by atoms with Crippen LogP contribution in [0.2, 0.25) is 5.02 Å². The number of aliphatic carboxylic acids is 1. The van der Waals surface area contributed by atoms with Crippen LogP contribution < -0.4 is 0 Å². The summed E-state index contributed by atoms with van der Waals surface area (Å²) in [5.74, 6) is -1.28. The zero-order chi connectivity index (χ0) is 16.4. The van der Waals surface area contributed by atoms with Crippen LogP contribution in [0.5, 0.6) is 0 Å². The molecule has 6 nitrogen and oxygen atoms in total. The van der Waals surface area contributed by atoms with Crippen molar-refractivity contribution >= 4 is 23.5 Å². The van der Waals surface area contributed by atoms with Gasteiger partial charge in [-0.15, -0.1) is 0 Å². The molecule has 0 radical (unpaired) electrons. The van der Waals surface area contributed by atoms with Gasteiger partial charge in [-0.25, -0.2) is 4.68 Å². The number of nitrogens with zero attached hydrogens (tertiary/aromatic N) is 3. The van der Waals surface area contributed by atoms with Crippen LogP contribution in [0.15, 0.2) is 36.7 Å². The Kier molecular flexibility index (Phi) is 4.34. The van der Waals surface area contributed by atoms with E-state index in [1.54, 1.807) is 21.8 Å². The molecule has 1 aromatic heterocycles. The van der Waals surface area contributed by atoms with Gasteiger partial charge >= 0.3 is 5.97 Å². The number of hydrogen-bond donors (Lipinski definition) is 1. The highest BCUT2D eigenvalue weighted by Crippen LogP contribution is 2.21. The van der Waals surface area contributed by atoms with Crippen LogP contribution >= 0.6 is 11.6 Å². The first-order chi connectivity index (χ1) is 11.1. The average Bonchev–Trinajstić information content (AvgIpc) is 3.04. The largest absolute Gasteiger partial charge is 0.481 e. The van der Waals surface area contributed by atoms with Crippen molar-refractivity contribution < 1.29 is 14.7 Å². The predicted octanol–water partition coefficient (Wildman–Crippen LogP) is 2.46. The van der Waals surface area contributed by atoms with Gasteiger partial charge in [0.05, 0.1) is 28.4 Å². The molecule has 1 N–H and O–H groups in total. The van der Waals surface area contributed by atoms with E-state index in [4.69, 9.17) is 16.7 Å². The molecule has 120 valence electrons. The van der Waals surface area contributed by atoms with E-state index in [1.807, 2.05) is 18.2 Å². The first-order valence-electron chi connectivity index (χ1n) is 7.38. The summed E-state index contributed by atoms with van der Waals surface area (Å²) in [6, 6.07) is 7.26. The number of carboxylic acid groups (broad SMARTS) is 1. The Morgan fingerprint density at radius 3 is 2.57 bits per heavy atom. The number of amides is 1. The summed E-state index contributed by atoms with van der Waals surface area (Å²) >= 11 is 6.13. The molecule has 1 aliphatic heterocycles. The van der Waals surface area contributed by atoms with Gasteiger partial charge in [0, 0.05) is 19.3 Å². The van der Waals surface area contributed by atoms with Crippen molar-refractivity contribution in [2.45, 2.75) is 12.8 Å². The molecule has 2 aromatic rings. The van der Waals surface area contributed by atoms with E-state index in [2.05, 4.69) is 5.10 Å². The smallest absolute Gasteiger partial charge is 0.306 e. The van der Waals surface area contributed by atoms with Crippen LogP contribution in [0.4, 0.5) is 0 Å². The van der Waals surface area contributed by atoms with Crippen molar-refractivity contribution in [3.8, 4) is 5.69 Å². The highest BCUT2D eigenvalue weighted by atomic mass is 35.5. The summed E-state index contributed by atoms with van der Waals surface area (Å²) in [4.78, 5) is 25.1. The van der Waals surface area contributed by atoms with Crippen molar-refractivity contribution in [3.05, 3.63) is 47.2 Å². The summed E-state index contributed by atoms with van der Waals surface area (Å²) in [5.41, 5.74) is 1.18. The molecule has 1 fully saturated rings. The summed E-state index contributed by atoms with van der Waals surface area (Å²) in [6.45, 7) is 0.903. The molecule has 0 atom stereocenters. The lowest BCUT2D eigenvalue weighted by Gasteiger charge is -2.29. The molecule has 23 heavy (non-hydrogen) atoms. The first-order valence-corrected chi connectivity index (χ1v) is 7.75. The second kappa shape index (κ2) is 6.42. The van der Waals surface area contributed by atoms with E-state index < -0.39 is 5.97 Å². The Morgan fingerprint density at radius 2 is 1.91 bits per heavy atom. The normalized spacial score (nSPS) is 15.6. The van der Waals surface area contributed by atoms with Crippen LogP contribution in [0.25, 0.3) is 5.69 Å². The van der Waals surface area contributed by atoms with Crippen LogP contribution in [0.3, 0.4) is 0 Å². The lowest BCUT2D eigenvalue weighted by Crippen LogP contribution is -2.40. The highest BCUT2D eigenvalue weighted by molar-refractivity contribution is 6.32. The number of carbonyl (C=O) groups excluding carboxylic acids is 1. The minimum atomic E-state index is -0.788. The molecule has 3 rings (SSSR count). The van der Waals surface area contributed by atoms with Crippen LogP contribution in [-0.2, 0) is 4.79 Å². The third-order valence-electron chi connectivity index (χ3n) is 4.06. The van der Waals surface area contributed by atoms with Gasteiger partial charge in [0.15, 0.2) is 0 Å². The van der Waals surface area contributed by atoms with E-state index in [0.29, 0.717) is 42.2 Å². The van der Waals surface area contributed by atoms with Gasteiger partial charge in [0.1, 0.15) is 0 Å². The zero-order valence-electron chi connectivity index (χ0n) is 12.4. The number of benzene rings is 1. The molecule has 1 saturated heterocycles. The molecule has 2 heterocycles. The molecular formula is C16H16ClN3O3. The molecule has 1 aromatic carbocycles. The molecular weight excluding hydrogens is 318 g/mol. The van der Waals surface area contributed by atoms with Gasteiger partial charge in [0.25, 0.3) is 5.91 Å². The molecule has 0 bridgehead atoms. The Labute approximate surface area is 138 Å². The Morgan fingerprint density at radius 1 is 1.22 bits per heavy atom. The van der Waals surface area contributed by atoms with Crippen LogP contribution in [0, 0.1) is 5.92 Å².